The number of carboxylic acids is 1. The average Bonchev–Trinajstić information content (AvgIpc) is 2.24. The largest absolute Gasteiger partial charge is 0.481 e. The van der Waals surface area contributed by atoms with Crippen LogP contribution in [0.2, 0.25) is 0 Å². The Hall–Kier alpha value is -1.63. The predicted octanol–water partition coefficient (Wildman–Crippen LogP) is -0.201. The van der Waals surface area contributed by atoms with Crippen LogP contribution in [0.1, 0.15) is 33.6 Å². The number of rotatable bonds is 5. The average molecular weight is 299 g/mol. The first kappa shape index (κ1) is 17.4. The Balaban J connectivity index is 2.70. The number of primary amides is 1. The maximum atomic E-state index is 12.1. The molecule has 0 aliphatic carbocycles. The molecule has 1 heterocycles. The third kappa shape index (κ3) is 6.12. The number of likely N-dealkylation sites (tertiary alicyclic amines) is 1. The van der Waals surface area contributed by atoms with E-state index < -0.39 is 17.3 Å². The number of carbonyl (C=O) groups is 3. The lowest BCUT2D eigenvalue weighted by atomic mass is 9.89. The molecule has 0 saturated carbocycles. The van der Waals surface area contributed by atoms with Gasteiger partial charge in [-0.3, -0.25) is 19.3 Å². The van der Waals surface area contributed by atoms with Gasteiger partial charge in [0.2, 0.25) is 11.8 Å². The molecule has 0 radical (unpaired) electrons. The Kier molecular flexibility index (Phi) is 5.71. The lowest BCUT2D eigenvalue weighted by molar-refractivity contribution is -0.138. The van der Waals surface area contributed by atoms with Crippen LogP contribution in [0.25, 0.3) is 0 Å². The van der Waals surface area contributed by atoms with Crippen LogP contribution in [0.5, 0.6) is 0 Å². The summed E-state index contributed by atoms with van der Waals surface area (Å²) in [6, 6.07) is -0.158. The molecule has 0 aromatic heterocycles. The van der Waals surface area contributed by atoms with E-state index in [1.54, 1.807) is 0 Å². The molecule has 2 atom stereocenters. The predicted molar refractivity (Wildman–Crippen MR) is 77.4 cm³/mol. The van der Waals surface area contributed by atoms with Crippen molar-refractivity contribution in [2.24, 2.45) is 17.1 Å². The van der Waals surface area contributed by atoms with E-state index in [2.05, 4.69) is 5.32 Å². The highest BCUT2D eigenvalue weighted by Crippen LogP contribution is 2.21. The van der Waals surface area contributed by atoms with Gasteiger partial charge in [0.15, 0.2) is 0 Å². The fourth-order valence-corrected chi connectivity index (χ4v) is 2.55. The van der Waals surface area contributed by atoms with Gasteiger partial charge in [-0.2, -0.15) is 0 Å². The number of carboxylic acid groups (broad SMARTS) is 1. The summed E-state index contributed by atoms with van der Waals surface area (Å²) in [5.74, 6) is -1.50. The Morgan fingerprint density at radius 3 is 2.38 bits per heavy atom. The molecule has 7 heteroatoms. The highest BCUT2D eigenvalue weighted by Gasteiger charge is 2.32. The number of carbonyl (C=O) groups excluding carboxylic acids is 2. The molecule has 7 nitrogen and oxygen atoms in total. The van der Waals surface area contributed by atoms with Crippen molar-refractivity contribution in [3.8, 4) is 0 Å². The molecule has 21 heavy (non-hydrogen) atoms. The summed E-state index contributed by atoms with van der Waals surface area (Å²) in [6.07, 6.45) is 0.626. The first-order chi connectivity index (χ1) is 9.57. The van der Waals surface area contributed by atoms with E-state index in [0.29, 0.717) is 19.5 Å². The lowest BCUT2D eigenvalue weighted by Gasteiger charge is -2.38. The van der Waals surface area contributed by atoms with Crippen molar-refractivity contribution >= 4 is 17.8 Å². The monoisotopic (exact) mass is 299 g/mol. The van der Waals surface area contributed by atoms with Crippen LogP contribution in [0, 0.1) is 11.3 Å². The zero-order chi connectivity index (χ0) is 16.2. The first-order valence-corrected chi connectivity index (χ1v) is 7.11. The van der Waals surface area contributed by atoms with E-state index in [-0.39, 0.29) is 30.8 Å². The fraction of sp³-hybridized carbons (Fsp3) is 0.786. The van der Waals surface area contributed by atoms with Gasteiger partial charge in [0, 0.05) is 31.0 Å². The summed E-state index contributed by atoms with van der Waals surface area (Å²) in [4.78, 5) is 35.8. The molecule has 2 amide bonds. The number of nitrogens with zero attached hydrogens (tertiary/aromatic N) is 1. The standard InChI is InChI=1S/C14H25N3O4/c1-14(2,3)13(21)16-10-4-9(5-12(19)20)6-17(7-10)8-11(15)18/h9-10H,4-8H2,1-3H3,(H2,15,18)(H,16,21)(H,19,20). The van der Waals surface area contributed by atoms with Gasteiger partial charge in [0.1, 0.15) is 0 Å². The van der Waals surface area contributed by atoms with Gasteiger partial charge in [-0.25, -0.2) is 0 Å². The Bertz CT molecular complexity index is 393. The molecule has 1 saturated heterocycles. The van der Waals surface area contributed by atoms with Gasteiger partial charge in [0.25, 0.3) is 0 Å². The van der Waals surface area contributed by atoms with E-state index in [0.717, 1.165) is 0 Å². The molecule has 1 rings (SSSR count). The number of aliphatic carboxylic acids is 1. The van der Waals surface area contributed by atoms with Crippen LogP contribution >= 0.6 is 0 Å². The second kappa shape index (κ2) is 6.89. The van der Waals surface area contributed by atoms with Crippen LogP contribution in [0.4, 0.5) is 0 Å². The van der Waals surface area contributed by atoms with Crippen molar-refractivity contribution < 1.29 is 19.5 Å². The number of hydrogen-bond acceptors (Lipinski definition) is 4. The van der Waals surface area contributed by atoms with Crippen molar-refractivity contribution in [1.29, 1.82) is 0 Å². The highest BCUT2D eigenvalue weighted by molar-refractivity contribution is 5.81. The van der Waals surface area contributed by atoms with E-state index in [9.17, 15) is 14.4 Å². The van der Waals surface area contributed by atoms with Crippen molar-refractivity contribution in [3.05, 3.63) is 0 Å². The lowest BCUT2D eigenvalue weighted by Crippen LogP contribution is -2.54. The van der Waals surface area contributed by atoms with E-state index >= 15 is 0 Å². The maximum absolute atomic E-state index is 12.1. The van der Waals surface area contributed by atoms with Gasteiger partial charge in [-0.1, -0.05) is 20.8 Å². The molecule has 0 aromatic carbocycles. The van der Waals surface area contributed by atoms with Gasteiger partial charge in [0.05, 0.1) is 6.54 Å². The van der Waals surface area contributed by atoms with Gasteiger partial charge in [-0.15, -0.1) is 0 Å². The molecule has 1 aliphatic rings. The smallest absolute Gasteiger partial charge is 0.303 e. The van der Waals surface area contributed by atoms with E-state index in [1.807, 2.05) is 25.7 Å². The minimum atomic E-state index is -0.873. The Morgan fingerprint density at radius 1 is 1.29 bits per heavy atom. The van der Waals surface area contributed by atoms with Crippen LogP contribution in [0.3, 0.4) is 0 Å². The number of nitrogens with one attached hydrogen (secondary N) is 1. The zero-order valence-electron chi connectivity index (χ0n) is 12.9. The highest BCUT2D eigenvalue weighted by atomic mass is 16.4. The molecular weight excluding hydrogens is 274 g/mol. The number of piperidine rings is 1. The zero-order valence-corrected chi connectivity index (χ0v) is 12.9. The molecule has 2 unspecified atom stereocenters. The van der Waals surface area contributed by atoms with Crippen LogP contribution in [-0.2, 0) is 14.4 Å². The van der Waals surface area contributed by atoms with Crippen LogP contribution in [-0.4, -0.2) is 53.5 Å². The van der Waals surface area contributed by atoms with Crippen molar-refractivity contribution in [1.82, 2.24) is 10.2 Å². The van der Waals surface area contributed by atoms with Crippen LogP contribution < -0.4 is 11.1 Å². The summed E-state index contributed by atoms with van der Waals surface area (Å²) in [7, 11) is 0. The molecular formula is C14H25N3O4. The van der Waals surface area contributed by atoms with Crippen molar-refractivity contribution in [2.45, 2.75) is 39.7 Å². The third-order valence-corrected chi connectivity index (χ3v) is 3.47. The van der Waals surface area contributed by atoms with Crippen molar-refractivity contribution in [2.75, 3.05) is 19.6 Å². The summed E-state index contributed by atoms with van der Waals surface area (Å²) in [6.45, 7) is 6.57. The van der Waals surface area contributed by atoms with E-state index in [4.69, 9.17) is 10.8 Å². The molecule has 0 spiro atoms. The summed E-state index contributed by atoms with van der Waals surface area (Å²) in [5.41, 5.74) is 4.70. The van der Waals surface area contributed by atoms with Gasteiger partial charge < -0.3 is 16.2 Å². The Labute approximate surface area is 124 Å². The van der Waals surface area contributed by atoms with Crippen LogP contribution in [0.15, 0.2) is 0 Å². The van der Waals surface area contributed by atoms with Gasteiger partial charge >= 0.3 is 5.97 Å². The quantitative estimate of drug-likeness (QED) is 0.650. The SMILES string of the molecule is CC(C)(C)C(=O)NC1CC(CC(=O)O)CN(CC(N)=O)C1. The maximum Gasteiger partial charge on any atom is 0.303 e. The normalized spacial score (nSPS) is 23.6. The van der Waals surface area contributed by atoms with Crippen molar-refractivity contribution in [3.63, 3.8) is 0 Å². The summed E-state index contributed by atoms with van der Waals surface area (Å²) in [5, 5.41) is 11.9. The fourth-order valence-electron chi connectivity index (χ4n) is 2.55. The minimum absolute atomic E-state index is 0.0250. The number of amides is 2. The third-order valence-electron chi connectivity index (χ3n) is 3.47. The topological polar surface area (TPSA) is 113 Å². The summed E-state index contributed by atoms with van der Waals surface area (Å²) < 4.78 is 0. The van der Waals surface area contributed by atoms with Gasteiger partial charge in [-0.05, 0) is 12.3 Å². The molecule has 1 aliphatic heterocycles. The molecule has 0 aromatic rings. The minimum Gasteiger partial charge on any atom is -0.481 e. The number of hydrogen-bond donors (Lipinski definition) is 3. The first-order valence-electron chi connectivity index (χ1n) is 7.11. The molecule has 4 N–H and O–H groups in total. The Morgan fingerprint density at radius 2 is 1.90 bits per heavy atom. The summed E-state index contributed by atoms with van der Waals surface area (Å²) >= 11 is 0. The number of nitrogens with two attached hydrogens (primary N) is 1. The molecule has 120 valence electrons. The second-order valence-corrected chi connectivity index (χ2v) is 6.78. The molecule has 1 fully saturated rings. The second-order valence-electron chi connectivity index (χ2n) is 6.78. The van der Waals surface area contributed by atoms with E-state index in [1.165, 1.54) is 0 Å². The molecule has 0 bridgehead atoms.